The molecule has 64 valence electrons. The lowest BCUT2D eigenvalue weighted by Gasteiger charge is -2.01. The second kappa shape index (κ2) is 16.0. The Balaban J connectivity index is -0.000000107. The molecule has 0 rings (SSSR count). The van der Waals surface area contributed by atoms with Crippen molar-refractivity contribution in [1.82, 2.24) is 10.2 Å². The van der Waals surface area contributed by atoms with Crippen LogP contribution in [0.3, 0.4) is 0 Å². The van der Waals surface area contributed by atoms with E-state index in [0.717, 1.165) is 6.54 Å². The Labute approximate surface area is 70.7 Å². The van der Waals surface area contributed by atoms with Crippen LogP contribution in [0.2, 0.25) is 0 Å². The van der Waals surface area contributed by atoms with Gasteiger partial charge in [0.15, 0.2) is 0 Å². The maximum Gasteiger partial charge on any atom is 0.0154 e. The van der Waals surface area contributed by atoms with Gasteiger partial charge in [-0.1, -0.05) is 6.08 Å². The lowest BCUT2D eigenvalue weighted by Crippen LogP contribution is -2.09. The van der Waals surface area contributed by atoms with E-state index < -0.39 is 0 Å². The summed E-state index contributed by atoms with van der Waals surface area (Å²) in [4.78, 5) is 2.06. The van der Waals surface area contributed by atoms with Crippen LogP contribution in [0.1, 0.15) is 0 Å². The summed E-state index contributed by atoms with van der Waals surface area (Å²) >= 11 is 0. The second-order valence-corrected chi connectivity index (χ2v) is 2.05. The average molecular weight is 167 g/mol. The summed E-state index contributed by atoms with van der Waals surface area (Å²) in [5.74, 6) is 0. The largest absolute Gasteiger partial charge is 0.323 e. The van der Waals surface area contributed by atoms with E-state index in [1.807, 2.05) is 34.3 Å². The van der Waals surface area contributed by atoms with Gasteiger partial charge >= 0.3 is 0 Å². The van der Waals surface area contributed by atoms with E-state index >= 15 is 0 Å². The second-order valence-electron chi connectivity index (χ2n) is 2.05. The molecular weight excluding hydrogens is 148 g/mol. The molecule has 0 fully saturated rings. The molecule has 0 spiro atoms. The van der Waals surface area contributed by atoms with Gasteiger partial charge < -0.3 is 10.2 Å². The summed E-state index contributed by atoms with van der Waals surface area (Å²) < 4.78 is 0. The third-order valence-electron chi connectivity index (χ3n) is 0.494. The first-order valence-corrected chi connectivity index (χ1v) is 3.03. The van der Waals surface area contributed by atoms with Crippen molar-refractivity contribution in [3.05, 3.63) is 12.7 Å². The maximum absolute atomic E-state index is 3.56. The minimum Gasteiger partial charge on any atom is -0.323 e. The molecule has 0 bridgehead atoms. The van der Waals surface area contributed by atoms with E-state index in [-0.39, 0.29) is 12.4 Å². The van der Waals surface area contributed by atoms with Gasteiger partial charge in [-0.25, -0.2) is 0 Å². The van der Waals surface area contributed by atoms with Crippen molar-refractivity contribution >= 4 is 12.4 Å². The lowest BCUT2D eigenvalue weighted by molar-refractivity contribution is 0.457. The van der Waals surface area contributed by atoms with E-state index in [9.17, 15) is 0 Å². The Morgan fingerprint density at radius 2 is 1.70 bits per heavy atom. The first-order chi connectivity index (χ1) is 4.18. The predicted octanol–water partition coefficient (Wildman–Crippen LogP) is 0.991. The predicted molar refractivity (Wildman–Crippen MR) is 51.0 cm³/mol. The molecule has 2 nitrogen and oxygen atoms in total. The molecule has 0 amide bonds. The van der Waals surface area contributed by atoms with Crippen LogP contribution in [-0.4, -0.2) is 39.6 Å². The number of nitrogens with one attached hydrogen (secondary N) is 1. The van der Waals surface area contributed by atoms with Gasteiger partial charge in [-0.3, -0.25) is 0 Å². The van der Waals surface area contributed by atoms with Crippen LogP contribution in [-0.2, 0) is 0 Å². The number of halogens is 1. The minimum atomic E-state index is 0. The minimum absolute atomic E-state index is 0. The molecule has 0 aliphatic heterocycles. The Morgan fingerprint density at radius 1 is 1.40 bits per heavy atom. The molecule has 0 radical (unpaired) electrons. The van der Waals surface area contributed by atoms with Gasteiger partial charge in [-0.05, 0) is 28.2 Å². The number of hydrogen-bond acceptors (Lipinski definition) is 2. The quantitative estimate of drug-likeness (QED) is 0.616. The summed E-state index contributed by atoms with van der Waals surface area (Å²) in [5, 5.41) is 2.75. The summed E-state index contributed by atoms with van der Waals surface area (Å²) in [7, 11) is 7.78. The fourth-order valence-corrected chi connectivity index (χ4v) is 0.258. The van der Waals surface area contributed by atoms with Crippen molar-refractivity contribution in [1.29, 1.82) is 0 Å². The highest BCUT2D eigenvalue weighted by Gasteiger charge is 1.75. The molecule has 0 aliphatic carbocycles. The van der Waals surface area contributed by atoms with E-state index in [1.54, 1.807) is 0 Å². The third kappa shape index (κ3) is 44.1. The summed E-state index contributed by atoms with van der Waals surface area (Å²) in [6.45, 7) is 4.53. The highest BCUT2D eigenvalue weighted by atomic mass is 35.5. The van der Waals surface area contributed by atoms with Crippen LogP contribution in [0, 0.1) is 0 Å². The lowest BCUT2D eigenvalue weighted by atomic mass is 10.6. The van der Waals surface area contributed by atoms with Crippen molar-refractivity contribution in [3.8, 4) is 0 Å². The normalized spacial score (nSPS) is 7.30. The summed E-state index contributed by atoms with van der Waals surface area (Å²) in [5.41, 5.74) is 0. The monoisotopic (exact) mass is 166 g/mol. The topological polar surface area (TPSA) is 15.3 Å². The molecule has 0 atom stereocenters. The molecule has 0 heterocycles. The van der Waals surface area contributed by atoms with E-state index in [2.05, 4.69) is 16.8 Å². The van der Waals surface area contributed by atoms with Crippen LogP contribution < -0.4 is 5.32 Å². The van der Waals surface area contributed by atoms with Crippen molar-refractivity contribution in [2.24, 2.45) is 0 Å². The molecule has 1 N–H and O–H groups in total. The number of hydrogen-bond donors (Lipinski definition) is 1. The zero-order valence-electron chi connectivity index (χ0n) is 7.35. The van der Waals surface area contributed by atoms with Gasteiger partial charge in [0.2, 0.25) is 0 Å². The zero-order valence-corrected chi connectivity index (χ0v) is 8.16. The highest BCUT2D eigenvalue weighted by molar-refractivity contribution is 5.85. The first kappa shape index (κ1) is 16.5. The van der Waals surface area contributed by atoms with Crippen LogP contribution in [0.4, 0.5) is 0 Å². The van der Waals surface area contributed by atoms with Crippen LogP contribution in [0.15, 0.2) is 12.7 Å². The summed E-state index contributed by atoms with van der Waals surface area (Å²) in [6.07, 6.45) is 1.88. The number of likely N-dealkylation sites (N-methyl/N-ethyl adjacent to an activating group) is 1. The molecule has 0 aliphatic rings. The molecule has 0 unspecified atom stereocenters. The van der Waals surface area contributed by atoms with Crippen molar-refractivity contribution in [2.45, 2.75) is 0 Å². The molecular formula is C7H19ClN2. The standard InChI is InChI=1S/C5H11N.C2H7N.ClH/c1-4-5-6(2)3;1-3-2;/h4H,1,5H2,2-3H3;3H,1-2H3;1H. The number of nitrogens with zero attached hydrogens (tertiary/aromatic N) is 1. The number of rotatable bonds is 2. The molecule has 0 aromatic rings. The summed E-state index contributed by atoms with van der Waals surface area (Å²) in [6, 6.07) is 0. The van der Waals surface area contributed by atoms with Crippen molar-refractivity contribution in [2.75, 3.05) is 34.7 Å². The average Bonchev–Trinajstić information content (AvgIpc) is 1.67. The third-order valence-corrected chi connectivity index (χ3v) is 0.494. The van der Waals surface area contributed by atoms with Crippen LogP contribution in [0.5, 0.6) is 0 Å². The van der Waals surface area contributed by atoms with E-state index in [4.69, 9.17) is 0 Å². The van der Waals surface area contributed by atoms with Gasteiger partial charge in [-0.2, -0.15) is 0 Å². The van der Waals surface area contributed by atoms with Crippen molar-refractivity contribution in [3.63, 3.8) is 0 Å². The van der Waals surface area contributed by atoms with Crippen LogP contribution >= 0.6 is 12.4 Å². The Morgan fingerprint density at radius 3 is 1.70 bits per heavy atom. The first-order valence-electron chi connectivity index (χ1n) is 3.03. The fourth-order valence-electron chi connectivity index (χ4n) is 0.258. The fraction of sp³-hybridized carbons (Fsp3) is 0.714. The van der Waals surface area contributed by atoms with Gasteiger partial charge in [-0.15, -0.1) is 19.0 Å². The van der Waals surface area contributed by atoms with E-state index in [0.29, 0.717) is 0 Å². The zero-order chi connectivity index (χ0) is 7.70. The Kier molecular flexibility index (Phi) is 26.4. The van der Waals surface area contributed by atoms with Gasteiger partial charge in [0.1, 0.15) is 0 Å². The smallest absolute Gasteiger partial charge is 0.0154 e. The maximum atomic E-state index is 3.56. The van der Waals surface area contributed by atoms with Crippen LogP contribution in [0.25, 0.3) is 0 Å². The molecule has 3 heteroatoms. The Bertz CT molecular complexity index is 55.6. The van der Waals surface area contributed by atoms with Crippen molar-refractivity contribution < 1.29 is 0 Å². The van der Waals surface area contributed by atoms with E-state index in [1.165, 1.54) is 0 Å². The molecule has 10 heavy (non-hydrogen) atoms. The van der Waals surface area contributed by atoms with Gasteiger partial charge in [0.25, 0.3) is 0 Å². The molecule has 0 aromatic heterocycles. The SMILES string of the molecule is C=CCN(C)C.CNC.Cl. The Hall–Kier alpha value is -0.0500. The van der Waals surface area contributed by atoms with Gasteiger partial charge in [0.05, 0.1) is 0 Å². The molecule has 0 saturated carbocycles. The molecule has 0 aromatic carbocycles. The van der Waals surface area contributed by atoms with Gasteiger partial charge in [0, 0.05) is 6.54 Å². The molecule has 0 saturated heterocycles. The highest BCUT2D eigenvalue weighted by Crippen LogP contribution is 1.69.